The highest BCUT2D eigenvalue weighted by Gasteiger charge is 2.46. The zero-order chi connectivity index (χ0) is 48.7. The van der Waals surface area contributed by atoms with Gasteiger partial charge in [-0.2, -0.15) is 4.58 Å². The van der Waals surface area contributed by atoms with Gasteiger partial charge in [-0.15, -0.1) is 0 Å². The van der Waals surface area contributed by atoms with E-state index >= 15 is 0 Å². The van der Waals surface area contributed by atoms with Crippen molar-refractivity contribution in [2.75, 3.05) is 38.8 Å². The molecule has 7 nitrogen and oxygen atoms in total. The zero-order valence-corrected chi connectivity index (χ0v) is 43.5. The third-order valence-electron chi connectivity index (χ3n) is 14.9. The molecule has 1 N–H and O–H groups in total. The third kappa shape index (κ3) is 8.91. The summed E-state index contributed by atoms with van der Waals surface area (Å²) >= 11 is 5.84. The second kappa shape index (κ2) is 19.6. The molecule has 2 aliphatic heterocycles. The first-order chi connectivity index (χ1) is 32.5. The number of methoxy groups -OCH3 is 2. The van der Waals surface area contributed by atoms with Crippen LogP contribution in [0.5, 0.6) is 5.75 Å². The molecule has 0 fully saturated rings. The van der Waals surface area contributed by atoms with Crippen LogP contribution in [0.1, 0.15) is 108 Å². The summed E-state index contributed by atoms with van der Waals surface area (Å²) in [5.74, 6) is 0.717. The highest BCUT2D eigenvalue weighted by atomic mass is 32.2. The number of thiol groups is 1. The molecule has 9 heteroatoms. The molecule has 1 atom stereocenters. The number of rotatable bonds is 15. The second-order valence-electron chi connectivity index (χ2n) is 20.2. The van der Waals surface area contributed by atoms with Crippen molar-refractivity contribution in [1.29, 1.82) is 0 Å². The Morgan fingerprint density at radius 1 is 0.868 bits per heavy atom. The van der Waals surface area contributed by atoms with E-state index in [9.17, 15) is 9.59 Å². The van der Waals surface area contributed by atoms with Crippen LogP contribution in [-0.2, 0) is 20.4 Å². The van der Waals surface area contributed by atoms with Crippen LogP contribution in [0.3, 0.4) is 0 Å². The number of allylic oxidation sites excluding steroid dienone is 7. The van der Waals surface area contributed by atoms with Crippen LogP contribution >= 0.6 is 24.6 Å². The molecule has 8 rings (SSSR count). The molecule has 354 valence electrons. The molecule has 0 bridgehead atoms. The standard InChI is InChI=1S/C59H68N3O4S2/c1-12-61-48-28-19-39-33-37(3)16-26-46(39)53(48)58(6,7)51(61)30-21-41-34-43(57(4,5)56(64)66-11)35-42(55(41)68-45-24-17-38(18-25-45)50(63)15-14-32-60-67)22-31-52-59(8,9)54-47-27-23-44(65-10)36-40(47)20-29-49(54)62(52)13-2/h16-31,33,36,43,60,67H,12-15,32,34-35H2,1-11H3/q+1. The molecule has 68 heavy (non-hydrogen) atoms. The second-order valence-corrected chi connectivity index (χ2v) is 21.6. The van der Waals surface area contributed by atoms with Crippen LogP contribution in [0.2, 0.25) is 0 Å². The lowest BCUT2D eigenvalue weighted by molar-refractivity contribution is -0.433. The Balaban J connectivity index is 1.29. The zero-order valence-electron chi connectivity index (χ0n) is 41.8. The number of hydrogen-bond acceptors (Lipinski definition) is 8. The number of fused-ring (bicyclic) bond motifs is 6. The Labute approximate surface area is 414 Å². The minimum atomic E-state index is -0.762. The number of ketones is 1. The minimum Gasteiger partial charge on any atom is -0.497 e. The summed E-state index contributed by atoms with van der Waals surface area (Å²) in [6.45, 7) is 22.4. The van der Waals surface area contributed by atoms with E-state index in [4.69, 9.17) is 9.47 Å². The van der Waals surface area contributed by atoms with Gasteiger partial charge in [0.15, 0.2) is 11.5 Å². The number of Topliss-reactive ketones (excluding diaryl/α,β-unsaturated/α-hetero) is 1. The molecule has 5 aromatic rings. The fraction of sp³-hybridized carbons (Fsp3) is 0.373. The van der Waals surface area contributed by atoms with Crippen molar-refractivity contribution in [3.8, 4) is 5.75 Å². The van der Waals surface area contributed by atoms with Gasteiger partial charge in [0, 0.05) is 69.4 Å². The lowest BCUT2D eigenvalue weighted by atomic mass is 9.69. The molecule has 2 heterocycles. The lowest BCUT2D eigenvalue weighted by Crippen LogP contribution is -2.36. The van der Waals surface area contributed by atoms with E-state index in [1.54, 1.807) is 18.9 Å². The molecule has 1 unspecified atom stereocenters. The van der Waals surface area contributed by atoms with E-state index in [1.165, 1.54) is 78.8 Å². The average Bonchev–Trinajstić information content (AvgIpc) is 3.70. The maximum atomic E-state index is 13.7. The molecule has 5 aromatic carbocycles. The first-order valence-electron chi connectivity index (χ1n) is 24.2. The van der Waals surface area contributed by atoms with Crippen molar-refractivity contribution in [3.05, 3.63) is 153 Å². The Hall–Kier alpha value is -5.35. The largest absolute Gasteiger partial charge is 0.497 e. The van der Waals surface area contributed by atoms with Crippen LogP contribution in [0.4, 0.5) is 11.4 Å². The van der Waals surface area contributed by atoms with E-state index in [2.05, 4.69) is 173 Å². The first kappa shape index (κ1) is 49.1. The summed E-state index contributed by atoms with van der Waals surface area (Å²) in [4.78, 5) is 31.6. The first-order valence-corrected chi connectivity index (χ1v) is 25.4. The van der Waals surface area contributed by atoms with Gasteiger partial charge in [-0.05, 0) is 154 Å². The van der Waals surface area contributed by atoms with Crippen LogP contribution in [0, 0.1) is 18.3 Å². The summed E-state index contributed by atoms with van der Waals surface area (Å²) in [5, 5.41) is 4.93. The van der Waals surface area contributed by atoms with E-state index < -0.39 is 5.41 Å². The van der Waals surface area contributed by atoms with Gasteiger partial charge in [0.2, 0.25) is 5.69 Å². The number of ether oxygens (including phenoxy) is 2. The van der Waals surface area contributed by atoms with Crippen LogP contribution < -0.4 is 14.4 Å². The van der Waals surface area contributed by atoms with Gasteiger partial charge in [0.05, 0.1) is 25.0 Å². The van der Waals surface area contributed by atoms with Crippen molar-refractivity contribution < 1.29 is 23.6 Å². The van der Waals surface area contributed by atoms with Crippen molar-refractivity contribution in [2.24, 2.45) is 11.3 Å². The number of aryl methyl sites for hydroxylation is 1. The molecular formula is C59H68N3O4S2+. The number of likely N-dealkylation sites (N-methyl/N-ethyl adjacent to an activating group) is 1. The van der Waals surface area contributed by atoms with E-state index in [0.717, 1.165) is 35.5 Å². The maximum absolute atomic E-state index is 13.7. The number of benzene rings is 5. The summed E-state index contributed by atoms with van der Waals surface area (Å²) in [5.41, 5.74) is 10.5. The molecule has 0 radical (unpaired) electrons. The predicted molar refractivity (Wildman–Crippen MR) is 287 cm³/mol. The van der Waals surface area contributed by atoms with E-state index in [0.29, 0.717) is 31.4 Å². The van der Waals surface area contributed by atoms with Gasteiger partial charge in [0.1, 0.15) is 12.3 Å². The quantitative estimate of drug-likeness (QED) is 0.0356. The average molecular weight is 947 g/mol. The lowest BCUT2D eigenvalue weighted by Gasteiger charge is -2.37. The predicted octanol–water partition coefficient (Wildman–Crippen LogP) is 13.9. The van der Waals surface area contributed by atoms with Gasteiger partial charge in [-0.1, -0.05) is 98.6 Å². The van der Waals surface area contributed by atoms with Crippen LogP contribution in [0.25, 0.3) is 21.5 Å². The smallest absolute Gasteiger partial charge is 0.311 e. The summed E-state index contributed by atoms with van der Waals surface area (Å²) in [7, 11) is 3.21. The van der Waals surface area contributed by atoms with Crippen LogP contribution in [0.15, 0.2) is 136 Å². The number of nitrogens with one attached hydrogen (secondary N) is 1. The Morgan fingerprint density at radius 2 is 1.57 bits per heavy atom. The number of carbonyl (C=O) groups is 2. The molecular weight excluding hydrogens is 879 g/mol. The van der Waals surface area contributed by atoms with Gasteiger partial charge in [0.25, 0.3) is 0 Å². The van der Waals surface area contributed by atoms with Crippen molar-refractivity contribution in [2.45, 2.75) is 104 Å². The van der Waals surface area contributed by atoms with Gasteiger partial charge < -0.3 is 14.4 Å². The monoisotopic (exact) mass is 946 g/mol. The normalized spacial score (nSPS) is 18.9. The fourth-order valence-corrected chi connectivity index (χ4v) is 12.3. The van der Waals surface area contributed by atoms with E-state index in [-0.39, 0.29) is 28.5 Å². The Kier molecular flexibility index (Phi) is 14.1. The Bertz CT molecular complexity index is 2970. The van der Waals surface area contributed by atoms with E-state index in [1.807, 2.05) is 26.0 Å². The van der Waals surface area contributed by atoms with Gasteiger partial charge in [-0.25, -0.2) is 0 Å². The summed E-state index contributed by atoms with van der Waals surface area (Å²) < 4.78 is 16.4. The molecule has 0 amide bonds. The molecule has 0 saturated heterocycles. The van der Waals surface area contributed by atoms with Gasteiger partial charge in [-0.3, -0.25) is 14.3 Å². The topological polar surface area (TPSA) is 70.9 Å². The molecule has 0 aromatic heterocycles. The molecule has 3 aliphatic rings. The summed E-state index contributed by atoms with van der Waals surface area (Å²) in [6, 6.07) is 30.3. The van der Waals surface area contributed by atoms with Crippen molar-refractivity contribution in [1.82, 2.24) is 4.72 Å². The maximum Gasteiger partial charge on any atom is 0.311 e. The number of carbonyl (C=O) groups excluding carboxylic acids is 2. The van der Waals surface area contributed by atoms with Crippen molar-refractivity contribution >= 4 is 75.0 Å². The number of esters is 1. The molecule has 1 aliphatic carbocycles. The summed E-state index contributed by atoms with van der Waals surface area (Å²) in [6.07, 6.45) is 11.9. The number of anilines is 1. The molecule has 0 spiro atoms. The SMILES string of the molecule is CCN1/C(=C/C=C2\CC(C(C)(C)C(=O)OC)CC(/C=C/C3=[N+](CC)c4ccc5cc(OC)ccc5c4C3(C)C)=C2Sc2ccc(C(=O)CCCNS)cc2)C(C)(C)c2c1ccc1cc(C)ccc21. The number of hydrogen-bond donors (Lipinski definition) is 2. The van der Waals surface area contributed by atoms with Crippen LogP contribution in [-0.4, -0.2) is 55.9 Å². The fourth-order valence-electron chi connectivity index (χ4n) is 11.1. The van der Waals surface area contributed by atoms with Crippen molar-refractivity contribution in [3.63, 3.8) is 0 Å². The highest BCUT2D eigenvalue weighted by Crippen LogP contribution is 2.53. The molecule has 0 saturated carbocycles. The van der Waals surface area contributed by atoms with Gasteiger partial charge >= 0.3 is 5.97 Å². The number of thioether (sulfide) groups is 1. The number of nitrogens with zero attached hydrogens (tertiary/aromatic N) is 2. The minimum absolute atomic E-state index is 0.0430. The Morgan fingerprint density at radius 3 is 2.26 bits per heavy atom. The third-order valence-corrected chi connectivity index (χ3v) is 16.4. The highest BCUT2D eigenvalue weighted by molar-refractivity contribution is 8.03.